The molecule has 0 bridgehead atoms. The van der Waals surface area contributed by atoms with Gasteiger partial charge in [-0.3, -0.25) is 13.9 Å². The maximum absolute atomic E-state index is 12.3. The van der Waals surface area contributed by atoms with Gasteiger partial charge >= 0.3 is 5.97 Å². The number of anilines is 1. The first-order valence-corrected chi connectivity index (χ1v) is 20.9. The predicted octanol–water partition coefficient (Wildman–Crippen LogP) is 9.52. The van der Waals surface area contributed by atoms with E-state index in [2.05, 4.69) is 46.2 Å². The van der Waals surface area contributed by atoms with Crippen LogP contribution in [0.2, 0.25) is 0 Å². The van der Waals surface area contributed by atoms with Crippen molar-refractivity contribution in [1.82, 2.24) is 15.0 Å². The molecule has 314 valence electrons. The molecule has 0 unspecified atom stereocenters. The highest BCUT2D eigenvalue weighted by molar-refractivity contribution is 7.86. The third-order valence-corrected chi connectivity index (χ3v) is 11.2. The number of aryl methyl sites for hydroxylation is 4. The van der Waals surface area contributed by atoms with Crippen LogP contribution in [0.25, 0.3) is 27.5 Å². The summed E-state index contributed by atoms with van der Waals surface area (Å²) in [5, 5.41) is 58.1. The summed E-state index contributed by atoms with van der Waals surface area (Å²) in [5.41, 5.74) is 5.17. The Morgan fingerprint density at radius 3 is 1.89 bits per heavy atom. The summed E-state index contributed by atoms with van der Waals surface area (Å²) < 4.78 is 67.1. The zero-order chi connectivity index (χ0) is 44.7. The zero-order valence-corrected chi connectivity index (χ0v) is 34.4. The SMILES string of the molecule is Cc1cc(N=Nc2c(S(=O)(=O)O)cc3cc(NC=O)ccc3c2O)c(C)cc1N=Nc1ccc(N=Nc2cc3nn(-c4ccc(S(=O)(=O)O)cc4C(=O)O)nc3cc2C)c(C)c1. The van der Waals surface area contributed by atoms with E-state index in [0.717, 1.165) is 28.6 Å². The molecule has 0 fully saturated rings. The number of aromatic nitrogens is 3. The zero-order valence-electron chi connectivity index (χ0n) is 32.7. The van der Waals surface area contributed by atoms with Crippen LogP contribution in [0.3, 0.4) is 0 Å². The molecule has 0 aliphatic heterocycles. The first kappa shape index (κ1) is 42.5. The van der Waals surface area contributed by atoms with Crippen molar-refractivity contribution in [2.24, 2.45) is 30.7 Å². The van der Waals surface area contributed by atoms with Gasteiger partial charge in [0.15, 0.2) is 5.75 Å². The number of hydrogen-bond donors (Lipinski definition) is 5. The number of aromatic carboxylic acids is 1. The van der Waals surface area contributed by atoms with E-state index in [1.54, 1.807) is 63.2 Å². The van der Waals surface area contributed by atoms with Gasteiger partial charge in [0, 0.05) is 11.1 Å². The van der Waals surface area contributed by atoms with E-state index in [9.17, 15) is 45.7 Å². The smallest absolute Gasteiger partial charge is 0.338 e. The number of phenolic OH excluding ortho intramolecular Hbond substituents is 1. The van der Waals surface area contributed by atoms with E-state index in [4.69, 9.17) is 0 Å². The Kier molecular flexibility index (Phi) is 11.2. The van der Waals surface area contributed by atoms with Crippen molar-refractivity contribution in [2.45, 2.75) is 37.5 Å². The van der Waals surface area contributed by atoms with Gasteiger partial charge < -0.3 is 15.5 Å². The van der Waals surface area contributed by atoms with E-state index in [1.165, 1.54) is 24.3 Å². The van der Waals surface area contributed by atoms with E-state index in [1.807, 2.05) is 6.92 Å². The number of carbonyl (C=O) groups is 2. The third kappa shape index (κ3) is 8.78. The van der Waals surface area contributed by atoms with Crippen molar-refractivity contribution in [3.8, 4) is 11.4 Å². The number of carboxylic acid groups (broad SMARTS) is 1. The number of aromatic hydroxyl groups is 1. The highest BCUT2D eigenvalue weighted by atomic mass is 32.2. The number of amides is 1. The molecule has 5 N–H and O–H groups in total. The van der Waals surface area contributed by atoms with Gasteiger partial charge in [-0.15, -0.1) is 20.1 Å². The molecule has 0 spiro atoms. The largest absolute Gasteiger partial charge is 0.505 e. The molecular formula is C40H32N10O10S2. The minimum atomic E-state index is -4.86. The summed E-state index contributed by atoms with van der Waals surface area (Å²) in [7, 11) is -9.51. The highest BCUT2D eigenvalue weighted by Gasteiger charge is 2.23. The van der Waals surface area contributed by atoms with E-state index in [-0.39, 0.29) is 16.5 Å². The number of carbonyl (C=O) groups excluding carboxylic acids is 1. The van der Waals surface area contributed by atoms with Gasteiger partial charge in [0.1, 0.15) is 27.3 Å². The summed E-state index contributed by atoms with van der Waals surface area (Å²) in [6.45, 7) is 7.10. The second-order valence-electron chi connectivity index (χ2n) is 13.8. The first-order valence-electron chi connectivity index (χ1n) is 18.0. The number of hydrogen-bond acceptors (Lipinski definition) is 15. The van der Waals surface area contributed by atoms with Gasteiger partial charge in [-0.2, -0.15) is 42.4 Å². The van der Waals surface area contributed by atoms with Crippen molar-refractivity contribution in [1.29, 1.82) is 0 Å². The van der Waals surface area contributed by atoms with E-state index >= 15 is 0 Å². The Balaban J connectivity index is 1.09. The lowest BCUT2D eigenvalue weighted by molar-refractivity contribution is -0.105. The minimum Gasteiger partial charge on any atom is -0.505 e. The Morgan fingerprint density at radius 1 is 0.661 bits per heavy atom. The summed E-state index contributed by atoms with van der Waals surface area (Å²) in [4.78, 5) is 22.6. The first-order chi connectivity index (χ1) is 29.3. The Bertz CT molecular complexity index is 3350. The number of rotatable bonds is 12. The number of fused-ring (bicyclic) bond motifs is 2. The van der Waals surface area contributed by atoms with Crippen LogP contribution in [0.15, 0.2) is 125 Å². The normalized spacial score (nSPS) is 12.4. The number of azo groups is 3. The second-order valence-corrected chi connectivity index (χ2v) is 16.6. The average molecular weight is 877 g/mol. The molecule has 0 radical (unpaired) electrons. The molecule has 62 heavy (non-hydrogen) atoms. The van der Waals surface area contributed by atoms with Crippen LogP contribution >= 0.6 is 0 Å². The number of benzene rings is 6. The van der Waals surface area contributed by atoms with Gasteiger partial charge in [0.25, 0.3) is 20.2 Å². The molecule has 0 atom stereocenters. The Morgan fingerprint density at radius 2 is 1.26 bits per heavy atom. The molecule has 0 saturated heterocycles. The highest BCUT2D eigenvalue weighted by Crippen LogP contribution is 2.43. The molecule has 1 heterocycles. The average Bonchev–Trinajstić information content (AvgIpc) is 3.62. The number of carboxylic acids is 1. The van der Waals surface area contributed by atoms with Crippen LogP contribution in [0.1, 0.15) is 32.6 Å². The molecule has 1 amide bonds. The molecule has 1 aromatic heterocycles. The van der Waals surface area contributed by atoms with Crippen LogP contribution in [0.5, 0.6) is 5.75 Å². The fourth-order valence-corrected chi connectivity index (χ4v) is 7.40. The molecule has 7 rings (SSSR count). The van der Waals surface area contributed by atoms with Gasteiger partial charge in [-0.05, 0) is 140 Å². The lowest BCUT2D eigenvalue weighted by atomic mass is 10.1. The predicted molar refractivity (Wildman–Crippen MR) is 225 cm³/mol. The van der Waals surface area contributed by atoms with Crippen LogP contribution in [-0.2, 0) is 25.0 Å². The summed E-state index contributed by atoms with van der Waals surface area (Å²) in [6.07, 6.45) is 0.441. The molecule has 0 saturated carbocycles. The topological polar surface area (TPSA) is 300 Å². The van der Waals surface area contributed by atoms with Crippen molar-refractivity contribution < 1.29 is 45.7 Å². The van der Waals surface area contributed by atoms with Gasteiger partial charge in [-0.1, -0.05) is 0 Å². The quantitative estimate of drug-likeness (QED) is 0.0435. The molecular weight excluding hydrogens is 845 g/mol. The fourth-order valence-electron chi connectivity index (χ4n) is 6.23. The fraction of sp³-hybridized carbons (Fsp3) is 0.100. The Labute approximate surface area is 351 Å². The Hall–Kier alpha value is -7.66. The molecule has 6 aromatic carbocycles. The van der Waals surface area contributed by atoms with Crippen LogP contribution < -0.4 is 5.32 Å². The maximum atomic E-state index is 12.3. The van der Waals surface area contributed by atoms with E-state index in [0.29, 0.717) is 68.3 Å². The number of nitrogens with zero attached hydrogens (tertiary/aromatic N) is 9. The number of nitrogens with one attached hydrogen (secondary N) is 1. The van der Waals surface area contributed by atoms with Gasteiger partial charge in [0.05, 0.1) is 38.9 Å². The number of phenols is 1. The van der Waals surface area contributed by atoms with Crippen molar-refractivity contribution in [3.63, 3.8) is 0 Å². The lowest BCUT2D eigenvalue weighted by Crippen LogP contribution is -2.10. The molecule has 7 aromatic rings. The van der Waals surface area contributed by atoms with Crippen molar-refractivity contribution >= 4 is 94.2 Å². The molecule has 20 nitrogen and oxygen atoms in total. The summed E-state index contributed by atoms with van der Waals surface area (Å²) in [6, 6.07) is 20.4. The second kappa shape index (κ2) is 16.4. The standard InChI is InChI=1S/C40H32N10O10S2/c1-20-11-26(6-9-30(20)43-45-33-18-35-34(14-23(33)4)48-50(49-35)36-10-7-27(61(55,56)57)17-29(36)40(53)54)42-44-31-12-22(3)32(13-21(31)2)46-47-38-37(62(58,59)60)16-24-15-25(41-19-51)5-8-28(24)39(38)52/h5-19,52H,1-4H3,(H,41,51)(H,53,54)(H,55,56,57)(H,58,59,60). The van der Waals surface area contributed by atoms with Crippen LogP contribution in [-0.4, -0.2) is 63.5 Å². The summed E-state index contributed by atoms with van der Waals surface area (Å²) in [5.74, 6) is -1.99. The molecule has 22 heteroatoms. The minimum absolute atomic E-state index is 0.0237. The maximum Gasteiger partial charge on any atom is 0.338 e. The van der Waals surface area contributed by atoms with Crippen LogP contribution in [0.4, 0.5) is 39.8 Å². The van der Waals surface area contributed by atoms with Crippen LogP contribution in [0, 0.1) is 27.7 Å². The lowest BCUT2D eigenvalue weighted by Gasteiger charge is -2.10. The van der Waals surface area contributed by atoms with Crippen molar-refractivity contribution in [2.75, 3.05) is 5.32 Å². The van der Waals surface area contributed by atoms with E-state index < -0.39 is 53.0 Å². The summed E-state index contributed by atoms with van der Waals surface area (Å²) >= 11 is 0. The molecule has 0 aliphatic carbocycles. The van der Waals surface area contributed by atoms with Gasteiger partial charge in [-0.25, -0.2) is 4.79 Å². The monoisotopic (exact) mass is 876 g/mol. The van der Waals surface area contributed by atoms with Gasteiger partial charge in [0.2, 0.25) is 6.41 Å². The third-order valence-electron chi connectivity index (χ3n) is 9.46. The van der Waals surface area contributed by atoms with Crippen molar-refractivity contribution in [3.05, 3.63) is 113 Å². The molecule has 0 aliphatic rings.